The zero-order chi connectivity index (χ0) is 15.0. The molecule has 106 valence electrons. The van der Waals surface area contributed by atoms with E-state index in [1.165, 1.54) is 0 Å². The summed E-state index contributed by atoms with van der Waals surface area (Å²) < 4.78 is 0. The SMILES string of the molecule is O=C1N=C(c2ccccc2Cl)c2cc(Cl)ccc2NC1O. The lowest BCUT2D eigenvalue weighted by Gasteiger charge is -2.12. The summed E-state index contributed by atoms with van der Waals surface area (Å²) >= 11 is 12.2. The van der Waals surface area contributed by atoms with E-state index in [2.05, 4.69) is 10.3 Å². The Morgan fingerprint density at radius 1 is 1.10 bits per heavy atom. The van der Waals surface area contributed by atoms with Crippen LogP contribution in [0.15, 0.2) is 47.5 Å². The van der Waals surface area contributed by atoms with Crippen molar-refractivity contribution in [3.8, 4) is 0 Å². The van der Waals surface area contributed by atoms with E-state index < -0.39 is 12.1 Å². The minimum absolute atomic E-state index is 0.382. The van der Waals surface area contributed by atoms with Gasteiger partial charge in [0.1, 0.15) is 0 Å². The largest absolute Gasteiger partial charge is 0.365 e. The monoisotopic (exact) mass is 320 g/mol. The maximum absolute atomic E-state index is 11.9. The maximum Gasteiger partial charge on any atom is 0.296 e. The van der Waals surface area contributed by atoms with Crippen molar-refractivity contribution in [2.24, 2.45) is 4.99 Å². The Morgan fingerprint density at radius 2 is 1.86 bits per heavy atom. The molecule has 0 spiro atoms. The number of fused-ring (bicyclic) bond motifs is 1. The van der Waals surface area contributed by atoms with Crippen molar-refractivity contribution < 1.29 is 9.90 Å². The highest BCUT2D eigenvalue weighted by Crippen LogP contribution is 2.29. The second-order valence-electron chi connectivity index (χ2n) is 4.52. The number of benzodiazepines with no additional fused rings is 1. The van der Waals surface area contributed by atoms with Crippen molar-refractivity contribution in [3.63, 3.8) is 0 Å². The van der Waals surface area contributed by atoms with Crippen molar-refractivity contribution in [1.29, 1.82) is 0 Å². The molecule has 1 aliphatic heterocycles. The topological polar surface area (TPSA) is 61.7 Å². The number of rotatable bonds is 1. The van der Waals surface area contributed by atoms with E-state index >= 15 is 0 Å². The van der Waals surface area contributed by atoms with Crippen LogP contribution < -0.4 is 5.32 Å². The molecule has 0 aliphatic carbocycles. The van der Waals surface area contributed by atoms with Crippen LogP contribution in [-0.2, 0) is 4.79 Å². The smallest absolute Gasteiger partial charge is 0.296 e. The van der Waals surface area contributed by atoms with Gasteiger partial charge in [-0.3, -0.25) is 4.79 Å². The maximum atomic E-state index is 11.9. The van der Waals surface area contributed by atoms with Crippen LogP contribution in [0.25, 0.3) is 0 Å². The molecule has 0 aromatic heterocycles. The lowest BCUT2D eigenvalue weighted by molar-refractivity contribution is -0.124. The van der Waals surface area contributed by atoms with E-state index in [1.54, 1.807) is 42.5 Å². The van der Waals surface area contributed by atoms with E-state index in [4.69, 9.17) is 23.2 Å². The fraction of sp³-hybridized carbons (Fsp3) is 0.0667. The van der Waals surface area contributed by atoms with Gasteiger partial charge in [-0.05, 0) is 24.3 Å². The van der Waals surface area contributed by atoms with Gasteiger partial charge in [0.2, 0.25) is 6.23 Å². The van der Waals surface area contributed by atoms with E-state index in [0.717, 1.165) is 0 Å². The molecule has 0 saturated heterocycles. The van der Waals surface area contributed by atoms with E-state index in [0.29, 0.717) is 32.6 Å². The summed E-state index contributed by atoms with van der Waals surface area (Å²) in [6, 6.07) is 12.1. The first-order chi connectivity index (χ1) is 10.1. The number of hydrogen-bond donors (Lipinski definition) is 2. The number of amides is 1. The third kappa shape index (κ3) is 2.65. The number of benzene rings is 2. The highest BCUT2D eigenvalue weighted by atomic mass is 35.5. The molecule has 1 aliphatic rings. The van der Waals surface area contributed by atoms with Crippen LogP contribution in [0.2, 0.25) is 10.0 Å². The molecule has 6 heteroatoms. The van der Waals surface area contributed by atoms with Crippen molar-refractivity contribution in [2.45, 2.75) is 6.23 Å². The molecule has 3 rings (SSSR count). The summed E-state index contributed by atoms with van der Waals surface area (Å²) in [5.41, 5.74) is 2.16. The standard InChI is InChI=1S/C15H10Cl2N2O2/c16-8-5-6-12-10(7-8)13(19-15(21)14(20)18-12)9-3-1-2-4-11(9)17/h1-7,14,18,20H. The van der Waals surface area contributed by atoms with E-state index in [-0.39, 0.29) is 0 Å². The Kier molecular flexibility index (Phi) is 3.68. The fourth-order valence-corrected chi connectivity index (χ4v) is 2.53. The molecule has 1 unspecified atom stereocenters. The minimum Gasteiger partial charge on any atom is -0.365 e. The summed E-state index contributed by atoms with van der Waals surface area (Å²) in [4.78, 5) is 15.9. The lowest BCUT2D eigenvalue weighted by Crippen LogP contribution is -2.26. The van der Waals surface area contributed by atoms with Crippen LogP contribution in [0, 0.1) is 0 Å². The predicted octanol–water partition coefficient (Wildman–Crippen LogP) is 3.10. The number of nitrogens with zero attached hydrogens (tertiary/aromatic N) is 1. The first-order valence-electron chi connectivity index (χ1n) is 6.18. The molecule has 0 fully saturated rings. The Labute approximate surface area is 131 Å². The van der Waals surface area contributed by atoms with Crippen LogP contribution in [0.5, 0.6) is 0 Å². The number of anilines is 1. The van der Waals surface area contributed by atoms with Crippen LogP contribution in [0.4, 0.5) is 5.69 Å². The molecule has 1 heterocycles. The zero-order valence-corrected chi connectivity index (χ0v) is 12.2. The third-order valence-electron chi connectivity index (χ3n) is 3.11. The van der Waals surface area contributed by atoms with Gasteiger partial charge >= 0.3 is 0 Å². The Hall–Kier alpha value is -1.88. The minimum atomic E-state index is -1.40. The number of nitrogens with one attached hydrogen (secondary N) is 1. The number of aliphatic hydroxyl groups excluding tert-OH is 1. The zero-order valence-electron chi connectivity index (χ0n) is 10.7. The van der Waals surface area contributed by atoms with Crippen LogP contribution in [-0.4, -0.2) is 23.0 Å². The predicted molar refractivity (Wildman–Crippen MR) is 83.2 cm³/mol. The second-order valence-corrected chi connectivity index (χ2v) is 5.36. The molecular weight excluding hydrogens is 311 g/mol. The first kappa shape index (κ1) is 14.1. The van der Waals surface area contributed by atoms with Crippen LogP contribution in [0.1, 0.15) is 11.1 Å². The summed E-state index contributed by atoms with van der Waals surface area (Å²) in [5, 5.41) is 13.4. The number of halogens is 2. The second kappa shape index (κ2) is 5.48. The molecule has 1 atom stereocenters. The molecule has 2 aromatic carbocycles. The molecular formula is C15H10Cl2N2O2. The molecule has 1 amide bonds. The number of aliphatic imine (C=N–C) groups is 1. The molecule has 4 nitrogen and oxygen atoms in total. The van der Waals surface area contributed by atoms with Gasteiger partial charge in [0.15, 0.2) is 0 Å². The van der Waals surface area contributed by atoms with Crippen molar-refractivity contribution in [2.75, 3.05) is 5.32 Å². The Bertz CT molecular complexity index is 759. The Balaban J connectivity index is 2.27. The van der Waals surface area contributed by atoms with Gasteiger partial charge in [0.05, 0.1) is 5.71 Å². The average Bonchev–Trinajstić information content (AvgIpc) is 2.58. The van der Waals surface area contributed by atoms with Gasteiger partial charge in [-0.15, -0.1) is 0 Å². The highest BCUT2D eigenvalue weighted by Gasteiger charge is 2.25. The quantitative estimate of drug-likeness (QED) is 0.848. The third-order valence-corrected chi connectivity index (χ3v) is 3.68. The van der Waals surface area contributed by atoms with Crippen LogP contribution in [0.3, 0.4) is 0 Å². The number of hydrogen-bond acceptors (Lipinski definition) is 3. The first-order valence-corrected chi connectivity index (χ1v) is 6.94. The highest BCUT2D eigenvalue weighted by molar-refractivity contribution is 6.37. The Morgan fingerprint density at radius 3 is 2.62 bits per heavy atom. The number of carbonyl (C=O) groups is 1. The fourth-order valence-electron chi connectivity index (χ4n) is 2.14. The molecule has 2 aromatic rings. The summed E-state index contributed by atoms with van der Waals surface area (Å²) in [7, 11) is 0. The van der Waals surface area contributed by atoms with Gasteiger partial charge in [0.25, 0.3) is 5.91 Å². The molecule has 0 saturated carbocycles. The van der Waals surface area contributed by atoms with E-state index in [1.807, 2.05) is 0 Å². The number of carbonyl (C=O) groups excluding carboxylic acids is 1. The number of aliphatic hydroxyl groups is 1. The normalized spacial score (nSPS) is 17.6. The average molecular weight is 321 g/mol. The molecule has 21 heavy (non-hydrogen) atoms. The van der Waals surface area contributed by atoms with Gasteiger partial charge in [-0.1, -0.05) is 41.4 Å². The summed E-state index contributed by atoms with van der Waals surface area (Å²) in [6.07, 6.45) is -1.40. The van der Waals surface area contributed by atoms with Crippen LogP contribution >= 0.6 is 23.2 Å². The van der Waals surface area contributed by atoms with Gasteiger partial charge in [-0.2, -0.15) is 0 Å². The summed E-state index contributed by atoms with van der Waals surface area (Å²) in [5.74, 6) is -0.683. The van der Waals surface area contributed by atoms with Crippen molar-refractivity contribution in [1.82, 2.24) is 0 Å². The molecule has 2 N–H and O–H groups in total. The van der Waals surface area contributed by atoms with Gasteiger partial charge in [-0.25, -0.2) is 4.99 Å². The summed E-state index contributed by atoms with van der Waals surface area (Å²) in [6.45, 7) is 0. The van der Waals surface area contributed by atoms with E-state index in [9.17, 15) is 9.90 Å². The van der Waals surface area contributed by atoms with Crippen molar-refractivity contribution >= 4 is 40.5 Å². The lowest BCUT2D eigenvalue weighted by atomic mass is 10.0. The van der Waals surface area contributed by atoms with Gasteiger partial charge < -0.3 is 10.4 Å². The molecule has 0 radical (unpaired) electrons. The molecule has 0 bridgehead atoms. The van der Waals surface area contributed by atoms with Crippen molar-refractivity contribution in [3.05, 3.63) is 63.6 Å². The van der Waals surface area contributed by atoms with Gasteiger partial charge in [0, 0.05) is 26.9 Å².